The van der Waals surface area contributed by atoms with Crippen molar-refractivity contribution < 1.29 is 20.1 Å². The van der Waals surface area contributed by atoms with Gasteiger partial charge in [-0.05, 0) is 49.9 Å². The van der Waals surface area contributed by atoms with Crippen molar-refractivity contribution in [2.75, 3.05) is 0 Å². The summed E-state index contributed by atoms with van der Waals surface area (Å²) >= 11 is 0. The zero-order valence-corrected chi connectivity index (χ0v) is 14.9. The average molecular weight is 346 g/mol. The number of carboxylic acids is 1. The van der Waals surface area contributed by atoms with Crippen molar-refractivity contribution in [2.45, 2.75) is 76.4 Å². The van der Waals surface area contributed by atoms with Crippen LogP contribution in [0, 0.1) is 35.5 Å². The standard InChI is InChI=1S/C21H30O4/c22-16(12-14-4-1-2-5-14)8-9-18-19-13-15(6-3-7-21(24)25)17(19)10-11-20(18)23/h6,14,16-20,22-23H,1-5,7,10-13H2,(H,24,25)/t16?,17-,18-,19+,20-/m1/s1. The number of aliphatic hydroxyl groups excluding tert-OH is 2. The van der Waals surface area contributed by atoms with Gasteiger partial charge < -0.3 is 15.3 Å². The van der Waals surface area contributed by atoms with Crippen molar-refractivity contribution >= 4 is 5.97 Å². The SMILES string of the molecule is O=C(O)CCC=C1C[C@@H]2[C@@H](C#CC(O)CC3CCCC3)[C@H](O)CC[C@H]12. The molecule has 3 fully saturated rings. The van der Waals surface area contributed by atoms with Crippen LogP contribution in [0.15, 0.2) is 11.6 Å². The quantitative estimate of drug-likeness (QED) is 0.528. The van der Waals surface area contributed by atoms with Gasteiger partial charge in [0.2, 0.25) is 0 Å². The number of rotatable bonds is 5. The van der Waals surface area contributed by atoms with E-state index in [2.05, 4.69) is 17.9 Å². The molecule has 4 nitrogen and oxygen atoms in total. The fraction of sp³-hybridized carbons (Fsp3) is 0.762. The summed E-state index contributed by atoms with van der Waals surface area (Å²) < 4.78 is 0. The van der Waals surface area contributed by atoms with Gasteiger partial charge in [-0.3, -0.25) is 4.79 Å². The van der Waals surface area contributed by atoms with Gasteiger partial charge in [0.25, 0.3) is 0 Å². The van der Waals surface area contributed by atoms with Crippen LogP contribution >= 0.6 is 0 Å². The average Bonchev–Trinajstić information content (AvgIpc) is 3.04. The smallest absolute Gasteiger partial charge is 0.303 e. The number of hydrogen-bond donors (Lipinski definition) is 3. The molecular weight excluding hydrogens is 316 g/mol. The summed E-state index contributed by atoms with van der Waals surface area (Å²) in [6.45, 7) is 0. The highest BCUT2D eigenvalue weighted by atomic mass is 16.4. The summed E-state index contributed by atoms with van der Waals surface area (Å²) in [5, 5.41) is 29.3. The lowest BCUT2D eigenvalue weighted by atomic mass is 9.57. The lowest BCUT2D eigenvalue weighted by Gasteiger charge is -2.48. The Hall–Kier alpha value is -1.31. The minimum absolute atomic E-state index is 0.0476. The number of allylic oxidation sites excluding steroid dienone is 2. The van der Waals surface area contributed by atoms with E-state index in [0.717, 1.165) is 25.7 Å². The number of carboxylic acid groups (broad SMARTS) is 1. The molecule has 5 atom stereocenters. The molecule has 3 aliphatic rings. The maximum absolute atomic E-state index is 10.6. The largest absolute Gasteiger partial charge is 0.481 e. The van der Waals surface area contributed by atoms with Crippen molar-refractivity contribution in [1.82, 2.24) is 0 Å². The van der Waals surface area contributed by atoms with Crippen LogP contribution in [-0.4, -0.2) is 33.5 Å². The molecule has 0 aromatic rings. The highest BCUT2D eigenvalue weighted by Gasteiger charge is 2.46. The predicted octanol–water partition coefficient (Wildman–Crippen LogP) is 3.13. The Kier molecular flexibility index (Phi) is 6.19. The molecule has 3 N–H and O–H groups in total. The normalized spacial score (nSPS) is 34.7. The van der Waals surface area contributed by atoms with Crippen molar-refractivity contribution in [3.63, 3.8) is 0 Å². The molecule has 0 heterocycles. The molecule has 0 spiro atoms. The highest BCUT2D eigenvalue weighted by molar-refractivity contribution is 5.66. The van der Waals surface area contributed by atoms with Gasteiger partial charge in [0.1, 0.15) is 6.10 Å². The van der Waals surface area contributed by atoms with Gasteiger partial charge in [-0.1, -0.05) is 49.2 Å². The second-order valence-electron chi connectivity index (χ2n) is 8.05. The Morgan fingerprint density at radius 3 is 2.72 bits per heavy atom. The third kappa shape index (κ3) is 4.65. The van der Waals surface area contributed by atoms with Crippen LogP contribution < -0.4 is 0 Å². The first kappa shape index (κ1) is 18.5. The number of aliphatic hydroxyl groups is 2. The van der Waals surface area contributed by atoms with E-state index in [4.69, 9.17) is 5.11 Å². The molecule has 138 valence electrons. The zero-order chi connectivity index (χ0) is 17.8. The molecule has 4 heteroatoms. The van der Waals surface area contributed by atoms with Crippen LogP contribution in [0.5, 0.6) is 0 Å². The fourth-order valence-electron chi connectivity index (χ4n) is 4.90. The molecule has 0 radical (unpaired) electrons. The summed E-state index contributed by atoms with van der Waals surface area (Å²) in [6, 6.07) is 0. The van der Waals surface area contributed by atoms with Crippen LogP contribution in [0.2, 0.25) is 0 Å². The van der Waals surface area contributed by atoms with Gasteiger partial charge in [0, 0.05) is 6.42 Å². The summed E-state index contributed by atoms with van der Waals surface area (Å²) in [5.41, 5.74) is 1.34. The molecule has 0 aromatic carbocycles. The van der Waals surface area contributed by atoms with Crippen molar-refractivity contribution in [2.24, 2.45) is 23.7 Å². The maximum atomic E-state index is 10.6. The number of fused-ring (bicyclic) bond motifs is 1. The number of aliphatic carboxylic acids is 1. The van der Waals surface area contributed by atoms with Crippen molar-refractivity contribution in [1.29, 1.82) is 0 Å². The molecule has 25 heavy (non-hydrogen) atoms. The molecule has 0 saturated heterocycles. The molecule has 0 bridgehead atoms. The molecule has 3 aliphatic carbocycles. The van der Waals surface area contributed by atoms with Gasteiger partial charge in [0.05, 0.1) is 12.0 Å². The predicted molar refractivity (Wildman–Crippen MR) is 95.6 cm³/mol. The Labute approximate surface area is 150 Å². The molecule has 0 amide bonds. The minimum Gasteiger partial charge on any atom is -0.481 e. The van der Waals surface area contributed by atoms with Gasteiger partial charge in [-0.25, -0.2) is 0 Å². The van der Waals surface area contributed by atoms with E-state index in [1.807, 2.05) is 0 Å². The van der Waals surface area contributed by atoms with E-state index in [1.54, 1.807) is 0 Å². The third-order valence-corrected chi connectivity index (χ3v) is 6.33. The topological polar surface area (TPSA) is 77.8 Å². The molecule has 1 unspecified atom stereocenters. The van der Waals surface area contributed by atoms with Gasteiger partial charge in [-0.15, -0.1) is 0 Å². The van der Waals surface area contributed by atoms with E-state index in [0.29, 0.717) is 24.2 Å². The lowest BCUT2D eigenvalue weighted by Crippen LogP contribution is -2.44. The Morgan fingerprint density at radius 1 is 1.24 bits per heavy atom. The fourth-order valence-corrected chi connectivity index (χ4v) is 4.90. The van der Waals surface area contributed by atoms with Crippen LogP contribution in [0.25, 0.3) is 0 Å². The van der Waals surface area contributed by atoms with E-state index in [-0.39, 0.29) is 12.3 Å². The first-order valence-corrected chi connectivity index (χ1v) is 9.82. The molecular formula is C21H30O4. The Balaban J connectivity index is 1.55. The summed E-state index contributed by atoms with van der Waals surface area (Å²) in [5.74, 6) is 6.84. The molecule has 0 aliphatic heterocycles. The Morgan fingerprint density at radius 2 is 2.00 bits per heavy atom. The van der Waals surface area contributed by atoms with Crippen LogP contribution in [0.3, 0.4) is 0 Å². The maximum Gasteiger partial charge on any atom is 0.303 e. The molecule has 0 aromatic heterocycles. The van der Waals surface area contributed by atoms with Crippen LogP contribution in [0.4, 0.5) is 0 Å². The minimum atomic E-state index is -0.758. The summed E-state index contributed by atoms with van der Waals surface area (Å²) in [6.07, 6.45) is 10.2. The van der Waals surface area contributed by atoms with Gasteiger partial charge >= 0.3 is 5.97 Å². The molecule has 3 rings (SSSR count). The second-order valence-corrected chi connectivity index (χ2v) is 8.05. The highest BCUT2D eigenvalue weighted by Crippen LogP contribution is 2.51. The monoisotopic (exact) mass is 346 g/mol. The lowest BCUT2D eigenvalue weighted by molar-refractivity contribution is -0.136. The summed E-state index contributed by atoms with van der Waals surface area (Å²) in [7, 11) is 0. The van der Waals surface area contributed by atoms with E-state index in [9.17, 15) is 15.0 Å². The van der Waals surface area contributed by atoms with Crippen LogP contribution in [-0.2, 0) is 4.79 Å². The van der Waals surface area contributed by atoms with E-state index < -0.39 is 18.2 Å². The van der Waals surface area contributed by atoms with Crippen molar-refractivity contribution in [3.8, 4) is 11.8 Å². The third-order valence-electron chi connectivity index (χ3n) is 6.33. The van der Waals surface area contributed by atoms with Gasteiger partial charge in [-0.2, -0.15) is 0 Å². The van der Waals surface area contributed by atoms with E-state index >= 15 is 0 Å². The first-order valence-electron chi connectivity index (χ1n) is 9.82. The van der Waals surface area contributed by atoms with Gasteiger partial charge in [0.15, 0.2) is 0 Å². The zero-order valence-electron chi connectivity index (χ0n) is 14.9. The second kappa shape index (κ2) is 8.38. The number of carbonyl (C=O) groups is 1. The first-order chi connectivity index (χ1) is 12.0. The summed E-state index contributed by atoms with van der Waals surface area (Å²) in [4.78, 5) is 10.6. The van der Waals surface area contributed by atoms with Crippen molar-refractivity contribution in [3.05, 3.63) is 11.6 Å². The Bertz CT molecular complexity index is 564. The molecule has 3 saturated carbocycles. The number of hydrogen-bond acceptors (Lipinski definition) is 3. The van der Waals surface area contributed by atoms with E-state index in [1.165, 1.54) is 31.3 Å². The van der Waals surface area contributed by atoms with Crippen LogP contribution in [0.1, 0.15) is 64.2 Å².